The first-order valence-corrected chi connectivity index (χ1v) is 3.75. The molecule has 5 nitrogen and oxygen atoms in total. The third-order valence-electron chi connectivity index (χ3n) is 1.68. The van der Waals surface area contributed by atoms with Crippen molar-refractivity contribution in [2.24, 2.45) is 0 Å². The van der Waals surface area contributed by atoms with Crippen molar-refractivity contribution in [2.75, 3.05) is 0 Å². The Labute approximate surface area is 74.0 Å². The van der Waals surface area contributed by atoms with E-state index >= 15 is 0 Å². The summed E-state index contributed by atoms with van der Waals surface area (Å²) in [6.45, 7) is 0.480. The molecule has 66 valence electrons. The predicted octanol–water partition coefficient (Wildman–Crippen LogP) is 0.732. The fourth-order valence-corrected chi connectivity index (χ4v) is 1.05. The Morgan fingerprint density at radius 3 is 3.23 bits per heavy atom. The number of hydrogen-bond acceptors (Lipinski definition) is 4. The first-order valence-electron chi connectivity index (χ1n) is 3.75. The Kier molecular flexibility index (Phi) is 1.91. The van der Waals surface area contributed by atoms with E-state index in [1.54, 1.807) is 23.2 Å². The van der Waals surface area contributed by atoms with Crippen LogP contribution < -0.4 is 0 Å². The summed E-state index contributed by atoms with van der Waals surface area (Å²) in [5.41, 5.74) is 0.524. The number of imidazole rings is 1. The Bertz CT molecular complexity index is 391. The molecule has 0 aliphatic rings. The minimum Gasteiger partial charge on any atom is -0.359 e. The lowest BCUT2D eigenvalue weighted by Crippen LogP contribution is -2.00. The normalized spacial score (nSPS) is 10.2. The van der Waals surface area contributed by atoms with E-state index in [0.29, 0.717) is 18.0 Å². The summed E-state index contributed by atoms with van der Waals surface area (Å²) >= 11 is 0. The van der Waals surface area contributed by atoms with Crippen LogP contribution in [0.5, 0.6) is 0 Å². The van der Waals surface area contributed by atoms with Crippen molar-refractivity contribution in [3.05, 3.63) is 36.2 Å². The molecule has 0 radical (unpaired) electrons. The Morgan fingerprint density at radius 1 is 1.62 bits per heavy atom. The molecule has 0 aromatic carbocycles. The van der Waals surface area contributed by atoms with E-state index in [1.807, 2.05) is 0 Å². The summed E-state index contributed by atoms with van der Waals surface area (Å²) in [4.78, 5) is 14.4. The second kappa shape index (κ2) is 3.22. The summed E-state index contributed by atoms with van der Waals surface area (Å²) in [6, 6.07) is 1.74. The fraction of sp³-hybridized carbons (Fsp3) is 0.125. The van der Waals surface area contributed by atoms with Gasteiger partial charge < -0.3 is 9.09 Å². The topological polar surface area (TPSA) is 60.9 Å². The SMILES string of the molecule is O=Cc1cncn1Cc1ccno1. The molecule has 2 aromatic rings. The molecule has 13 heavy (non-hydrogen) atoms. The Balaban J connectivity index is 2.23. The smallest absolute Gasteiger partial charge is 0.168 e. The van der Waals surface area contributed by atoms with Gasteiger partial charge >= 0.3 is 0 Å². The molecule has 2 aromatic heterocycles. The minimum absolute atomic E-state index is 0.480. The maximum absolute atomic E-state index is 10.5. The Hall–Kier alpha value is -1.91. The molecule has 0 fully saturated rings. The average molecular weight is 177 g/mol. The summed E-state index contributed by atoms with van der Waals surface area (Å²) in [7, 11) is 0. The molecule has 0 amide bonds. The van der Waals surface area contributed by atoms with Crippen molar-refractivity contribution in [1.29, 1.82) is 0 Å². The molecule has 0 unspecified atom stereocenters. The van der Waals surface area contributed by atoms with Gasteiger partial charge in [0.25, 0.3) is 0 Å². The van der Waals surface area contributed by atoms with Gasteiger partial charge in [0.05, 0.1) is 25.3 Å². The lowest BCUT2D eigenvalue weighted by molar-refractivity contribution is 0.111. The van der Waals surface area contributed by atoms with Crippen molar-refractivity contribution in [3.8, 4) is 0 Å². The maximum Gasteiger partial charge on any atom is 0.168 e. The molecular weight excluding hydrogens is 170 g/mol. The molecule has 0 spiro atoms. The van der Waals surface area contributed by atoms with Crippen LogP contribution in [0.15, 0.2) is 29.3 Å². The van der Waals surface area contributed by atoms with Crippen molar-refractivity contribution in [2.45, 2.75) is 6.54 Å². The number of aldehydes is 1. The van der Waals surface area contributed by atoms with Crippen molar-refractivity contribution in [3.63, 3.8) is 0 Å². The van der Waals surface area contributed by atoms with Gasteiger partial charge in [0.15, 0.2) is 12.0 Å². The monoisotopic (exact) mass is 177 g/mol. The van der Waals surface area contributed by atoms with Gasteiger partial charge in [0.2, 0.25) is 0 Å². The van der Waals surface area contributed by atoms with E-state index in [9.17, 15) is 4.79 Å². The molecular formula is C8H7N3O2. The summed E-state index contributed by atoms with van der Waals surface area (Å²) in [5, 5.41) is 3.56. The van der Waals surface area contributed by atoms with Crippen molar-refractivity contribution < 1.29 is 9.32 Å². The van der Waals surface area contributed by atoms with E-state index in [-0.39, 0.29) is 0 Å². The lowest BCUT2D eigenvalue weighted by atomic mass is 10.4. The van der Waals surface area contributed by atoms with E-state index in [0.717, 1.165) is 6.29 Å². The highest BCUT2D eigenvalue weighted by molar-refractivity contribution is 5.71. The van der Waals surface area contributed by atoms with E-state index < -0.39 is 0 Å². The van der Waals surface area contributed by atoms with E-state index in [2.05, 4.69) is 10.1 Å². The molecule has 0 aliphatic carbocycles. The van der Waals surface area contributed by atoms with Crippen LogP contribution in [0.25, 0.3) is 0 Å². The summed E-state index contributed by atoms with van der Waals surface area (Å²) in [6.07, 6.45) is 5.39. The van der Waals surface area contributed by atoms with Gasteiger partial charge in [-0.05, 0) is 0 Å². The highest BCUT2D eigenvalue weighted by Crippen LogP contribution is 2.03. The molecule has 0 saturated carbocycles. The Morgan fingerprint density at radius 2 is 2.54 bits per heavy atom. The summed E-state index contributed by atoms with van der Waals surface area (Å²) < 4.78 is 6.58. The van der Waals surface area contributed by atoms with Crippen molar-refractivity contribution in [1.82, 2.24) is 14.7 Å². The molecule has 0 aliphatic heterocycles. The number of nitrogens with zero attached hydrogens (tertiary/aromatic N) is 3. The van der Waals surface area contributed by atoms with Gasteiger partial charge in [-0.1, -0.05) is 5.16 Å². The second-order valence-corrected chi connectivity index (χ2v) is 2.54. The number of hydrogen-bond donors (Lipinski definition) is 0. The number of aromatic nitrogens is 3. The summed E-state index contributed by atoms with van der Waals surface area (Å²) in [5.74, 6) is 0.695. The lowest BCUT2D eigenvalue weighted by Gasteiger charge is -1.98. The third-order valence-corrected chi connectivity index (χ3v) is 1.68. The predicted molar refractivity (Wildman–Crippen MR) is 43.2 cm³/mol. The third kappa shape index (κ3) is 1.48. The molecule has 2 heterocycles. The maximum atomic E-state index is 10.5. The first kappa shape index (κ1) is 7.72. The van der Waals surface area contributed by atoms with Crippen LogP contribution in [0.2, 0.25) is 0 Å². The highest BCUT2D eigenvalue weighted by Gasteiger charge is 2.03. The van der Waals surface area contributed by atoms with Crippen LogP contribution in [0.4, 0.5) is 0 Å². The number of carbonyl (C=O) groups is 1. The largest absolute Gasteiger partial charge is 0.359 e. The van der Waals surface area contributed by atoms with E-state index in [4.69, 9.17) is 4.52 Å². The van der Waals surface area contributed by atoms with Crippen molar-refractivity contribution >= 4 is 6.29 Å². The molecule has 5 heteroatoms. The zero-order valence-electron chi connectivity index (χ0n) is 6.75. The van der Waals surface area contributed by atoms with Crippen LogP contribution >= 0.6 is 0 Å². The second-order valence-electron chi connectivity index (χ2n) is 2.54. The number of rotatable bonds is 3. The van der Waals surface area contributed by atoms with Gasteiger partial charge in [-0.25, -0.2) is 4.98 Å². The molecule has 0 saturated heterocycles. The number of carbonyl (C=O) groups excluding carboxylic acids is 1. The zero-order chi connectivity index (χ0) is 9.10. The first-order chi connectivity index (χ1) is 6.40. The molecule has 0 atom stereocenters. The van der Waals surface area contributed by atoms with Crippen LogP contribution in [0.3, 0.4) is 0 Å². The fourth-order valence-electron chi connectivity index (χ4n) is 1.05. The van der Waals surface area contributed by atoms with Crippen LogP contribution in [-0.2, 0) is 6.54 Å². The highest BCUT2D eigenvalue weighted by atomic mass is 16.5. The van der Waals surface area contributed by atoms with Crippen LogP contribution in [0.1, 0.15) is 16.2 Å². The molecule has 0 bridgehead atoms. The standard InChI is InChI=1S/C8H7N3O2/c12-5-7-3-9-6-11(7)4-8-1-2-10-13-8/h1-3,5-6H,4H2. The molecule has 0 N–H and O–H groups in total. The van der Waals surface area contributed by atoms with Crippen LogP contribution in [-0.4, -0.2) is 21.0 Å². The van der Waals surface area contributed by atoms with Gasteiger partial charge in [0.1, 0.15) is 5.69 Å². The van der Waals surface area contributed by atoms with Gasteiger partial charge in [0, 0.05) is 6.07 Å². The van der Waals surface area contributed by atoms with Gasteiger partial charge in [-0.3, -0.25) is 4.79 Å². The van der Waals surface area contributed by atoms with Gasteiger partial charge in [-0.2, -0.15) is 0 Å². The molecule has 2 rings (SSSR count). The average Bonchev–Trinajstić information content (AvgIpc) is 2.76. The van der Waals surface area contributed by atoms with Crippen LogP contribution in [0, 0.1) is 0 Å². The van der Waals surface area contributed by atoms with Gasteiger partial charge in [-0.15, -0.1) is 0 Å². The minimum atomic E-state index is 0.480. The zero-order valence-corrected chi connectivity index (χ0v) is 6.75. The quantitative estimate of drug-likeness (QED) is 0.648. The van der Waals surface area contributed by atoms with E-state index in [1.165, 1.54) is 6.20 Å².